The van der Waals surface area contributed by atoms with Gasteiger partial charge in [-0.25, -0.2) is 0 Å². The van der Waals surface area contributed by atoms with Gasteiger partial charge in [0, 0.05) is 18.8 Å². The molecule has 1 aromatic rings. The fraction of sp³-hybridized carbons (Fsp3) is 0.500. The predicted octanol–water partition coefficient (Wildman–Crippen LogP) is 1.37. The van der Waals surface area contributed by atoms with Crippen LogP contribution in [-0.2, 0) is 4.74 Å². The van der Waals surface area contributed by atoms with Crippen LogP contribution in [0, 0.1) is 11.3 Å². The summed E-state index contributed by atoms with van der Waals surface area (Å²) in [6.45, 7) is 3.59. The van der Waals surface area contributed by atoms with Crippen LogP contribution in [0.15, 0.2) is 24.3 Å². The van der Waals surface area contributed by atoms with Crippen LogP contribution in [0.5, 0.6) is 0 Å². The highest BCUT2D eigenvalue weighted by Gasteiger charge is 2.20. The number of morpholine rings is 1. The van der Waals surface area contributed by atoms with E-state index in [0.717, 1.165) is 32.7 Å². The summed E-state index contributed by atoms with van der Waals surface area (Å²) in [4.78, 5) is 2.32. The normalized spacial score (nSPS) is 19.6. The van der Waals surface area contributed by atoms with Crippen molar-refractivity contribution < 1.29 is 4.74 Å². The van der Waals surface area contributed by atoms with E-state index in [0.29, 0.717) is 11.7 Å². The predicted molar refractivity (Wildman–Crippen MR) is 71.7 cm³/mol. The largest absolute Gasteiger partial charge is 0.374 e. The number of nitrogens with one attached hydrogen (secondary N) is 1. The summed E-state index contributed by atoms with van der Waals surface area (Å²) >= 11 is 0. The maximum Gasteiger partial charge on any atom is 0.0991 e. The topological polar surface area (TPSA) is 48.3 Å². The maximum atomic E-state index is 8.79. The van der Waals surface area contributed by atoms with Gasteiger partial charge >= 0.3 is 0 Å². The van der Waals surface area contributed by atoms with E-state index in [1.54, 1.807) is 0 Å². The Kier molecular flexibility index (Phi) is 4.57. The minimum atomic E-state index is 0.293. The molecule has 2 rings (SSSR count). The Morgan fingerprint density at radius 3 is 2.89 bits per heavy atom. The molecule has 1 fully saturated rings. The van der Waals surface area contributed by atoms with Crippen LogP contribution in [0.4, 0.5) is 5.69 Å². The molecule has 1 N–H and O–H groups in total. The second kappa shape index (κ2) is 6.39. The van der Waals surface area contributed by atoms with Gasteiger partial charge in [-0.2, -0.15) is 5.26 Å². The summed E-state index contributed by atoms with van der Waals surface area (Å²) in [5.74, 6) is 0. The zero-order valence-electron chi connectivity index (χ0n) is 10.7. The molecule has 0 saturated carbocycles. The molecule has 1 heterocycles. The summed E-state index contributed by atoms with van der Waals surface area (Å²) < 4.78 is 5.74. The molecule has 4 nitrogen and oxygen atoms in total. The van der Waals surface area contributed by atoms with Crippen LogP contribution in [0.1, 0.15) is 12.0 Å². The second-order valence-corrected chi connectivity index (χ2v) is 4.49. The highest BCUT2D eigenvalue weighted by molar-refractivity contribution is 5.50. The van der Waals surface area contributed by atoms with Gasteiger partial charge in [0.1, 0.15) is 0 Å². The van der Waals surface area contributed by atoms with Crippen LogP contribution in [0.25, 0.3) is 0 Å². The molecule has 0 radical (unpaired) electrons. The van der Waals surface area contributed by atoms with Gasteiger partial charge < -0.3 is 15.0 Å². The van der Waals surface area contributed by atoms with Crippen LogP contribution >= 0.6 is 0 Å². The van der Waals surface area contributed by atoms with Crippen LogP contribution < -0.4 is 10.2 Å². The smallest absolute Gasteiger partial charge is 0.0991 e. The van der Waals surface area contributed by atoms with Crippen molar-refractivity contribution in [3.8, 4) is 6.07 Å². The van der Waals surface area contributed by atoms with Crippen LogP contribution in [0.3, 0.4) is 0 Å². The molecule has 0 aliphatic carbocycles. The summed E-state index contributed by atoms with van der Waals surface area (Å²) in [6, 6.07) is 9.91. The highest BCUT2D eigenvalue weighted by Crippen LogP contribution is 2.19. The molecular weight excluding hydrogens is 226 g/mol. The molecule has 0 spiro atoms. The van der Waals surface area contributed by atoms with Crippen LogP contribution in [-0.4, -0.2) is 39.4 Å². The summed E-state index contributed by atoms with van der Waals surface area (Å²) in [7, 11) is 1.96. The van der Waals surface area contributed by atoms with Gasteiger partial charge in [0.2, 0.25) is 0 Å². The molecule has 1 aliphatic heterocycles. The minimum Gasteiger partial charge on any atom is -0.374 e. The molecule has 18 heavy (non-hydrogen) atoms. The zero-order chi connectivity index (χ0) is 12.8. The highest BCUT2D eigenvalue weighted by atomic mass is 16.5. The SMILES string of the molecule is CNCCC1CN(c2ccc(C#N)cc2)CCO1. The summed E-state index contributed by atoms with van der Waals surface area (Å²) in [5.41, 5.74) is 1.88. The van der Waals surface area contributed by atoms with Crippen molar-refractivity contribution in [2.24, 2.45) is 0 Å². The minimum absolute atomic E-state index is 0.293. The number of ether oxygens (including phenoxy) is 1. The molecule has 0 amide bonds. The Morgan fingerprint density at radius 2 is 2.22 bits per heavy atom. The van der Waals surface area contributed by atoms with E-state index in [-0.39, 0.29) is 0 Å². The lowest BCUT2D eigenvalue weighted by molar-refractivity contribution is 0.0358. The Balaban J connectivity index is 1.97. The summed E-state index contributed by atoms with van der Waals surface area (Å²) in [5, 5.41) is 11.9. The van der Waals surface area contributed by atoms with Gasteiger partial charge in [0.15, 0.2) is 0 Å². The third-order valence-electron chi connectivity index (χ3n) is 3.22. The Bertz CT molecular complexity index is 410. The molecule has 1 unspecified atom stereocenters. The van der Waals surface area contributed by atoms with Crippen molar-refractivity contribution >= 4 is 5.69 Å². The average Bonchev–Trinajstić information content (AvgIpc) is 2.45. The number of anilines is 1. The second-order valence-electron chi connectivity index (χ2n) is 4.49. The van der Waals surface area contributed by atoms with Gasteiger partial charge in [0.25, 0.3) is 0 Å². The monoisotopic (exact) mass is 245 g/mol. The number of hydrogen-bond acceptors (Lipinski definition) is 4. The van der Waals surface area contributed by atoms with Crippen molar-refractivity contribution in [1.29, 1.82) is 5.26 Å². The van der Waals surface area contributed by atoms with Crippen molar-refractivity contribution in [1.82, 2.24) is 5.32 Å². The van der Waals surface area contributed by atoms with Crippen LogP contribution in [0.2, 0.25) is 0 Å². The van der Waals surface area contributed by atoms with E-state index >= 15 is 0 Å². The molecule has 1 aliphatic rings. The fourth-order valence-electron chi connectivity index (χ4n) is 2.18. The maximum absolute atomic E-state index is 8.79. The first-order valence-electron chi connectivity index (χ1n) is 6.35. The van der Waals surface area contributed by atoms with Gasteiger partial charge in [-0.15, -0.1) is 0 Å². The average molecular weight is 245 g/mol. The molecule has 0 bridgehead atoms. The Labute approximate surface area is 108 Å². The summed E-state index contributed by atoms with van der Waals surface area (Å²) in [6.07, 6.45) is 1.32. The lowest BCUT2D eigenvalue weighted by Gasteiger charge is -2.34. The number of nitrogens with zero attached hydrogens (tertiary/aromatic N) is 2. The van der Waals surface area contributed by atoms with Crippen molar-refractivity contribution in [3.05, 3.63) is 29.8 Å². The first-order valence-corrected chi connectivity index (χ1v) is 6.35. The fourth-order valence-corrected chi connectivity index (χ4v) is 2.18. The molecule has 0 aromatic heterocycles. The van der Waals surface area contributed by atoms with E-state index in [1.807, 2.05) is 31.3 Å². The first-order chi connectivity index (χ1) is 8.83. The van der Waals surface area contributed by atoms with E-state index in [4.69, 9.17) is 10.00 Å². The van der Waals surface area contributed by atoms with Gasteiger partial charge in [-0.1, -0.05) is 0 Å². The van der Waals surface area contributed by atoms with E-state index in [1.165, 1.54) is 5.69 Å². The zero-order valence-corrected chi connectivity index (χ0v) is 10.7. The van der Waals surface area contributed by atoms with Crippen molar-refractivity contribution in [2.75, 3.05) is 38.2 Å². The van der Waals surface area contributed by atoms with Gasteiger partial charge in [0.05, 0.1) is 24.3 Å². The Morgan fingerprint density at radius 1 is 1.44 bits per heavy atom. The lowest BCUT2D eigenvalue weighted by Crippen LogP contribution is -2.43. The lowest BCUT2D eigenvalue weighted by atomic mass is 10.1. The molecule has 4 heteroatoms. The number of nitriles is 1. The van der Waals surface area contributed by atoms with Crippen molar-refractivity contribution in [3.63, 3.8) is 0 Å². The molecule has 1 atom stereocenters. The van der Waals surface area contributed by atoms with Gasteiger partial charge in [-0.3, -0.25) is 0 Å². The van der Waals surface area contributed by atoms with E-state index in [9.17, 15) is 0 Å². The molecule has 1 saturated heterocycles. The molecule has 1 aromatic carbocycles. The first kappa shape index (κ1) is 12.9. The third kappa shape index (κ3) is 3.22. The third-order valence-corrected chi connectivity index (χ3v) is 3.22. The number of rotatable bonds is 4. The van der Waals surface area contributed by atoms with Crippen molar-refractivity contribution in [2.45, 2.75) is 12.5 Å². The quantitative estimate of drug-likeness (QED) is 0.870. The van der Waals surface area contributed by atoms with Gasteiger partial charge in [-0.05, 0) is 44.3 Å². The number of benzene rings is 1. The Hall–Kier alpha value is -1.57. The molecular formula is C14H19N3O. The van der Waals surface area contributed by atoms with E-state index in [2.05, 4.69) is 16.3 Å². The molecule has 96 valence electrons. The number of hydrogen-bond donors (Lipinski definition) is 1. The standard InChI is InChI=1S/C14H19N3O/c1-16-7-6-14-11-17(8-9-18-14)13-4-2-12(10-15)3-5-13/h2-5,14,16H,6-9,11H2,1H3. The van der Waals surface area contributed by atoms with E-state index < -0.39 is 0 Å².